The van der Waals surface area contributed by atoms with Crippen LogP contribution >= 0.6 is 11.6 Å². The van der Waals surface area contributed by atoms with Crippen molar-refractivity contribution < 1.29 is 9.53 Å². The van der Waals surface area contributed by atoms with Crippen LogP contribution in [0.2, 0.25) is 5.02 Å². The summed E-state index contributed by atoms with van der Waals surface area (Å²) in [4.78, 5) is 35.1. The van der Waals surface area contributed by atoms with Crippen LogP contribution in [0.1, 0.15) is 37.9 Å². The molecule has 2 aromatic carbocycles. The second-order valence-electron chi connectivity index (χ2n) is 12.5. The highest BCUT2D eigenvalue weighted by molar-refractivity contribution is 6.36. The summed E-state index contributed by atoms with van der Waals surface area (Å²) in [5.74, 6) is 0.726. The highest BCUT2D eigenvalue weighted by Gasteiger charge is 2.45. The molecule has 1 aliphatic carbocycles. The van der Waals surface area contributed by atoms with Gasteiger partial charge in [0, 0.05) is 54.8 Å². The van der Waals surface area contributed by atoms with Gasteiger partial charge in [0.05, 0.1) is 23.9 Å². The van der Waals surface area contributed by atoms with Crippen molar-refractivity contribution in [2.45, 2.75) is 45.7 Å². The normalized spacial score (nSPS) is 18.9. The molecule has 3 heterocycles. The number of fused-ring (bicyclic) bond motifs is 2. The van der Waals surface area contributed by atoms with E-state index in [1.807, 2.05) is 12.1 Å². The van der Waals surface area contributed by atoms with Crippen molar-refractivity contribution in [1.29, 1.82) is 0 Å². The Morgan fingerprint density at radius 3 is 2.64 bits per heavy atom. The van der Waals surface area contributed by atoms with Crippen molar-refractivity contribution in [2.75, 3.05) is 68.8 Å². The average Bonchev–Trinajstić information content (AvgIpc) is 3.84. The Morgan fingerprint density at radius 2 is 1.93 bits per heavy atom. The third-order valence-corrected chi connectivity index (χ3v) is 9.97. The van der Waals surface area contributed by atoms with E-state index in [-0.39, 0.29) is 23.9 Å². The molecule has 1 saturated carbocycles. The average molecular weight is 628 g/mol. The van der Waals surface area contributed by atoms with Gasteiger partial charge in [0.15, 0.2) is 0 Å². The van der Waals surface area contributed by atoms with Crippen LogP contribution in [0.5, 0.6) is 6.01 Å². The van der Waals surface area contributed by atoms with Gasteiger partial charge in [-0.25, -0.2) is 6.57 Å². The molecule has 0 bridgehead atoms. The van der Waals surface area contributed by atoms with Gasteiger partial charge in [0.1, 0.15) is 11.9 Å². The van der Waals surface area contributed by atoms with Crippen LogP contribution in [-0.2, 0) is 17.8 Å². The molecule has 3 aromatic rings. The first-order valence-electron chi connectivity index (χ1n) is 16.1. The van der Waals surface area contributed by atoms with Crippen LogP contribution in [0.4, 0.5) is 11.5 Å². The maximum atomic E-state index is 12.6. The van der Waals surface area contributed by atoms with Crippen molar-refractivity contribution >= 4 is 39.8 Å². The predicted octanol–water partition coefficient (Wildman–Crippen LogP) is 5.47. The maximum Gasteiger partial charge on any atom is 0.318 e. The first-order chi connectivity index (χ1) is 21.9. The van der Waals surface area contributed by atoms with Crippen molar-refractivity contribution in [3.63, 3.8) is 0 Å². The summed E-state index contributed by atoms with van der Waals surface area (Å²) < 4.78 is 6.46. The number of rotatable bonds is 11. The summed E-state index contributed by atoms with van der Waals surface area (Å²) >= 11 is 6.73. The Hall–Kier alpha value is -3.87. The number of ether oxygens (including phenoxy) is 1. The molecular formula is C35H42ClN7O2. The molecule has 9 nitrogen and oxygen atoms in total. The van der Waals surface area contributed by atoms with Gasteiger partial charge in [-0.2, -0.15) is 9.97 Å². The second-order valence-corrected chi connectivity index (χ2v) is 12.9. The minimum Gasteiger partial charge on any atom is -0.463 e. The minimum atomic E-state index is -0.238. The molecule has 2 aliphatic heterocycles. The Bertz CT molecular complexity index is 1610. The number of amides is 1. The number of anilines is 2. The molecule has 1 aromatic heterocycles. The summed E-state index contributed by atoms with van der Waals surface area (Å²) in [5.41, 5.74) is 3.30. The lowest BCUT2D eigenvalue weighted by Crippen LogP contribution is -2.56. The number of hydrogen-bond acceptors (Lipinski definition) is 7. The first kappa shape index (κ1) is 31.1. The van der Waals surface area contributed by atoms with Crippen molar-refractivity contribution in [2.24, 2.45) is 5.41 Å². The number of nitrogens with zero attached hydrogens (tertiary/aromatic N) is 7. The van der Waals surface area contributed by atoms with Crippen molar-refractivity contribution in [3.8, 4) is 6.01 Å². The van der Waals surface area contributed by atoms with E-state index in [2.05, 4.69) is 64.2 Å². The van der Waals surface area contributed by atoms with Gasteiger partial charge in [0.2, 0.25) is 12.5 Å². The summed E-state index contributed by atoms with van der Waals surface area (Å²) in [6, 6.07) is 12.5. The quantitative estimate of drug-likeness (QED) is 0.206. The highest BCUT2D eigenvalue weighted by Crippen LogP contribution is 2.46. The molecule has 1 saturated heterocycles. The van der Waals surface area contributed by atoms with Gasteiger partial charge < -0.3 is 29.2 Å². The Kier molecular flexibility index (Phi) is 9.16. The van der Waals surface area contributed by atoms with Gasteiger partial charge >= 0.3 is 6.01 Å². The van der Waals surface area contributed by atoms with E-state index < -0.39 is 0 Å². The molecule has 0 unspecified atom stereocenters. The highest BCUT2D eigenvalue weighted by atomic mass is 35.5. The molecule has 236 valence electrons. The van der Waals surface area contributed by atoms with Gasteiger partial charge in [-0.3, -0.25) is 4.79 Å². The van der Waals surface area contributed by atoms with Crippen LogP contribution in [0, 0.1) is 12.0 Å². The maximum absolute atomic E-state index is 12.6. The zero-order chi connectivity index (χ0) is 31.6. The van der Waals surface area contributed by atoms with Crippen molar-refractivity contribution in [1.82, 2.24) is 19.8 Å². The fraction of sp³-hybridized carbons (Fsp3) is 0.486. The van der Waals surface area contributed by atoms with Gasteiger partial charge in [0.25, 0.3) is 0 Å². The minimum absolute atomic E-state index is 0.135. The van der Waals surface area contributed by atoms with E-state index in [0.29, 0.717) is 38.8 Å². The summed E-state index contributed by atoms with van der Waals surface area (Å²) in [5, 5.41) is 2.90. The number of carbonyl (C=O) groups is 1. The number of halogens is 1. The molecular weight excluding hydrogens is 586 g/mol. The second kappa shape index (κ2) is 13.2. The summed E-state index contributed by atoms with van der Waals surface area (Å²) in [6.45, 7) is 22.6. The zero-order valence-corrected chi connectivity index (χ0v) is 27.1. The summed E-state index contributed by atoms with van der Waals surface area (Å²) in [7, 11) is 0. The Labute approximate surface area is 271 Å². The van der Waals surface area contributed by atoms with Gasteiger partial charge in [-0.1, -0.05) is 56.3 Å². The zero-order valence-electron chi connectivity index (χ0n) is 26.3. The fourth-order valence-corrected chi connectivity index (χ4v) is 7.12. The molecule has 1 atom stereocenters. The van der Waals surface area contributed by atoms with Gasteiger partial charge in [-0.15, -0.1) is 0 Å². The molecule has 3 aliphatic rings. The number of carbonyl (C=O) groups excluding carboxylic acids is 1. The Balaban J connectivity index is 1.33. The standard InChI is InChI=1S/C35H42ClN7O2/c1-5-31(44)43-19-18-42(21-26(43)20-37-4)33-27-14-17-41(30-13-9-11-25-10-8-12-28(36)32(25)30)22-29(27)38-34(39-33)45-24-35(15-16-35)23-40(6-2)7-3/h5,8-13,26H,1,6-7,14-24H2,2-3H3/t26-/m0/s1. The number of hydrogen-bond donors (Lipinski definition) is 0. The number of piperazine rings is 1. The van der Waals surface area contributed by atoms with E-state index in [0.717, 1.165) is 84.0 Å². The third-order valence-electron chi connectivity index (χ3n) is 9.66. The fourth-order valence-electron chi connectivity index (χ4n) is 6.84. The molecule has 2 fully saturated rings. The summed E-state index contributed by atoms with van der Waals surface area (Å²) in [6.07, 6.45) is 4.39. The van der Waals surface area contributed by atoms with Crippen molar-refractivity contribution in [3.05, 3.63) is 76.8 Å². The van der Waals surface area contributed by atoms with Crippen LogP contribution in [0.25, 0.3) is 15.6 Å². The number of benzene rings is 2. The van der Waals surface area contributed by atoms with Crippen LogP contribution in [0.15, 0.2) is 49.1 Å². The lowest BCUT2D eigenvalue weighted by molar-refractivity contribution is -0.128. The molecule has 10 heteroatoms. The Morgan fingerprint density at radius 1 is 1.16 bits per heavy atom. The van der Waals surface area contributed by atoms with E-state index in [9.17, 15) is 4.79 Å². The molecule has 1 amide bonds. The monoisotopic (exact) mass is 627 g/mol. The lowest BCUT2D eigenvalue weighted by atomic mass is 10.0. The third kappa shape index (κ3) is 6.45. The topological polar surface area (TPSA) is 69.4 Å². The number of aromatic nitrogens is 2. The van der Waals surface area contributed by atoms with Crippen LogP contribution in [-0.4, -0.2) is 90.7 Å². The predicted molar refractivity (Wildman–Crippen MR) is 180 cm³/mol. The SMILES string of the molecule is [C-]#[N+]C[C@H]1CN(c2nc(OCC3(CN(CC)CC)CC3)nc3c2CCN(c2cccc4cccc(Cl)c24)C3)CCN1C(=O)C=C. The smallest absolute Gasteiger partial charge is 0.318 e. The molecule has 0 N–H and O–H groups in total. The van der Waals surface area contributed by atoms with E-state index >= 15 is 0 Å². The molecule has 6 rings (SSSR count). The largest absolute Gasteiger partial charge is 0.463 e. The molecule has 0 radical (unpaired) electrons. The van der Waals surface area contributed by atoms with Gasteiger partial charge in [-0.05, 0) is 55.9 Å². The van der Waals surface area contributed by atoms with E-state index in [4.69, 9.17) is 32.9 Å². The van der Waals surface area contributed by atoms with E-state index in [1.165, 1.54) is 6.08 Å². The molecule has 45 heavy (non-hydrogen) atoms. The van der Waals surface area contributed by atoms with Crippen LogP contribution < -0.4 is 14.5 Å². The van der Waals surface area contributed by atoms with Crippen LogP contribution in [0.3, 0.4) is 0 Å². The van der Waals surface area contributed by atoms with E-state index in [1.54, 1.807) is 4.90 Å². The lowest BCUT2D eigenvalue weighted by Gasteiger charge is -2.41. The first-order valence-corrected chi connectivity index (χ1v) is 16.4. The molecule has 0 spiro atoms.